The number of aryl methyl sites for hydroxylation is 1. The molecule has 2 heterocycles. The van der Waals surface area contributed by atoms with Crippen LogP contribution >= 0.6 is 11.6 Å². The van der Waals surface area contributed by atoms with Crippen LogP contribution in [-0.4, -0.2) is 21.4 Å². The number of rotatable bonds is 2. The second-order valence-electron chi connectivity index (χ2n) is 5.10. The Morgan fingerprint density at radius 2 is 2.13 bits per heavy atom. The third-order valence-electron chi connectivity index (χ3n) is 3.50. The lowest BCUT2D eigenvalue weighted by Gasteiger charge is -2.08. The van der Waals surface area contributed by atoms with E-state index in [0.717, 1.165) is 16.6 Å². The maximum atomic E-state index is 12.1. The first-order valence-electron chi connectivity index (χ1n) is 6.85. The van der Waals surface area contributed by atoms with Gasteiger partial charge >= 0.3 is 0 Å². The summed E-state index contributed by atoms with van der Waals surface area (Å²) >= 11 is 6.19. The number of nitrogens with two attached hydrogens (primary N) is 1. The SMILES string of the molecule is Cc1cn(-c2ccnc3c(Cl)cccc23)cc1C(=O)NC(=N)N. The molecular weight excluding hydrogens is 314 g/mol. The monoisotopic (exact) mass is 327 g/mol. The summed E-state index contributed by atoms with van der Waals surface area (Å²) in [6, 6.07) is 7.42. The third-order valence-corrected chi connectivity index (χ3v) is 3.80. The number of benzene rings is 1. The highest BCUT2D eigenvalue weighted by Gasteiger charge is 2.14. The molecule has 0 atom stereocenters. The normalized spacial score (nSPS) is 10.7. The zero-order chi connectivity index (χ0) is 16.6. The van der Waals surface area contributed by atoms with Crippen molar-refractivity contribution in [3.63, 3.8) is 0 Å². The number of amides is 1. The summed E-state index contributed by atoms with van der Waals surface area (Å²) in [7, 11) is 0. The molecule has 0 radical (unpaired) electrons. The van der Waals surface area contributed by atoms with E-state index < -0.39 is 5.91 Å². The number of fused-ring (bicyclic) bond motifs is 1. The largest absolute Gasteiger partial charge is 0.370 e. The van der Waals surface area contributed by atoms with Crippen molar-refractivity contribution < 1.29 is 4.79 Å². The van der Waals surface area contributed by atoms with Gasteiger partial charge in [0.25, 0.3) is 5.91 Å². The fourth-order valence-electron chi connectivity index (χ4n) is 2.47. The molecule has 0 aliphatic carbocycles. The van der Waals surface area contributed by atoms with Crippen LogP contribution in [0.15, 0.2) is 42.9 Å². The van der Waals surface area contributed by atoms with E-state index >= 15 is 0 Å². The van der Waals surface area contributed by atoms with Crippen LogP contribution in [0.1, 0.15) is 15.9 Å². The minimum absolute atomic E-state index is 0.386. The summed E-state index contributed by atoms with van der Waals surface area (Å²) in [6.45, 7) is 1.82. The molecule has 7 heteroatoms. The highest BCUT2D eigenvalue weighted by molar-refractivity contribution is 6.35. The van der Waals surface area contributed by atoms with Crippen LogP contribution in [0.4, 0.5) is 0 Å². The van der Waals surface area contributed by atoms with Crippen molar-refractivity contribution in [2.75, 3.05) is 0 Å². The summed E-state index contributed by atoms with van der Waals surface area (Å²) in [4.78, 5) is 16.4. The Bertz CT molecular complexity index is 931. The van der Waals surface area contributed by atoms with Crippen molar-refractivity contribution in [1.82, 2.24) is 14.9 Å². The minimum Gasteiger partial charge on any atom is -0.370 e. The first-order chi connectivity index (χ1) is 11.0. The molecular formula is C16H14ClN5O. The fourth-order valence-corrected chi connectivity index (χ4v) is 2.70. The lowest BCUT2D eigenvalue weighted by molar-refractivity contribution is 0.0976. The number of halogens is 1. The molecule has 23 heavy (non-hydrogen) atoms. The van der Waals surface area contributed by atoms with E-state index in [9.17, 15) is 4.79 Å². The standard InChI is InChI=1S/C16H14ClN5O/c1-9-7-22(8-11(9)15(23)21-16(18)19)13-5-6-20-14-10(13)3-2-4-12(14)17/h2-8H,1H3,(H4,18,19,21,23). The molecule has 116 valence electrons. The van der Waals surface area contributed by atoms with Crippen LogP contribution in [0, 0.1) is 12.3 Å². The van der Waals surface area contributed by atoms with Gasteiger partial charge in [-0.25, -0.2) is 0 Å². The van der Waals surface area contributed by atoms with Gasteiger partial charge in [-0.05, 0) is 24.6 Å². The molecule has 2 aromatic heterocycles. The highest BCUT2D eigenvalue weighted by Crippen LogP contribution is 2.27. The molecule has 4 N–H and O–H groups in total. The zero-order valence-electron chi connectivity index (χ0n) is 12.3. The van der Waals surface area contributed by atoms with Crippen molar-refractivity contribution in [1.29, 1.82) is 5.41 Å². The summed E-state index contributed by atoms with van der Waals surface area (Å²) in [5, 5.41) is 10.9. The fraction of sp³-hybridized carbons (Fsp3) is 0.0625. The Morgan fingerprint density at radius 3 is 2.87 bits per heavy atom. The van der Waals surface area contributed by atoms with Gasteiger partial charge in [0.1, 0.15) is 0 Å². The van der Waals surface area contributed by atoms with Gasteiger partial charge in [-0.2, -0.15) is 0 Å². The van der Waals surface area contributed by atoms with E-state index in [1.54, 1.807) is 18.5 Å². The molecule has 0 spiro atoms. The number of nitrogens with zero attached hydrogens (tertiary/aromatic N) is 2. The molecule has 3 aromatic rings. The average Bonchev–Trinajstić information content (AvgIpc) is 2.88. The topological polar surface area (TPSA) is 96.8 Å². The van der Waals surface area contributed by atoms with Gasteiger partial charge in [-0.15, -0.1) is 0 Å². The number of pyridine rings is 1. The Morgan fingerprint density at radius 1 is 1.35 bits per heavy atom. The van der Waals surface area contributed by atoms with Crippen molar-refractivity contribution in [2.24, 2.45) is 5.73 Å². The molecule has 0 unspecified atom stereocenters. The Hall–Kier alpha value is -2.86. The van der Waals surface area contributed by atoms with Crippen LogP contribution < -0.4 is 11.1 Å². The molecule has 0 aliphatic rings. The third kappa shape index (κ3) is 2.76. The highest BCUT2D eigenvalue weighted by atomic mass is 35.5. The number of hydrogen-bond acceptors (Lipinski definition) is 3. The van der Waals surface area contributed by atoms with Gasteiger partial charge in [0.2, 0.25) is 0 Å². The summed E-state index contributed by atoms with van der Waals surface area (Å²) in [6.07, 6.45) is 5.21. The number of carbonyl (C=O) groups is 1. The van der Waals surface area contributed by atoms with Crippen molar-refractivity contribution >= 4 is 34.4 Å². The molecule has 1 aromatic carbocycles. The van der Waals surface area contributed by atoms with E-state index in [-0.39, 0.29) is 5.96 Å². The van der Waals surface area contributed by atoms with Crippen LogP contribution in [0.2, 0.25) is 5.02 Å². The smallest absolute Gasteiger partial charge is 0.259 e. The zero-order valence-corrected chi connectivity index (χ0v) is 13.1. The van der Waals surface area contributed by atoms with Gasteiger partial charge in [0.05, 0.1) is 21.8 Å². The second-order valence-corrected chi connectivity index (χ2v) is 5.50. The van der Waals surface area contributed by atoms with Gasteiger partial charge in [0, 0.05) is 24.0 Å². The number of carbonyl (C=O) groups excluding carboxylic acids is 1. The van der Waals surface area contributed by atoms with E-state index in [1.807, 2.05) is 35.9 Å². The number of nitrogens with one attached hydrogen (secondary N) is 2. The number of hydrogen-bond donors (Lipinski definition) is 3. The Balaban J connectivity index is 2.12. The van der Waals surface area contributed by atoms with E-state index in [0.29, 0.717) is 16.1 Å². The van der Waals surface area contributed by atoms with Crippen LogP contribution in [-0.2, 0) is 0 Å². The van der Waals surface area contributed by atoms with Gasteiger partial charge in [-0.1, -0.05) is 23.7 Å². The Kier molecular flexibility index (Phi) is 3.75. The van der Waals surface area contributed by atoms with Crippen LogP contribution in [0.5, 0.6) is 0 Å². The lowest BCUT2D eigenvalue weighted by atomic mass is 10.2. The van der Waals surface area contributed by atoms with Crippen LogP contribution in [0.3, 0.4) is 0 Å². The molecule has 0 bridgehead atoms. The predicted octanol–water partition coefficient (Wildman–Crippen LogP) is 2.61. The molecule has 0 aliphatic heterocycles. The minimum atomic E-state index is -0.412. The number of para-hydroxylation sites is 1. The predicted molar refractivity (Wildman–Crippen MR) is 90.2 cm³/mol. The van der Waals surface area contributed by atoms with Gasteiger partial charge < -0.3 is 10.3 Å². The maximum Gasteiger partial charge on any atom is 0.259 e. The lowest BCUT2D eigenvalue weighted by Crippen LogP contribution is -2.35. The molecule has 0 saturated carbocycles. The number of aromatic nitrogens is 2. The average molecular weight is 328 g/mol. The van der Waals surface area contributed by atoms with Crippen molar-refractivity contribution in [2.45, 2.75) is 6.92 Å². The molecule has 0 saturated heterocycles. The summed E-state index contributed by atoms with van der Waals surface area (Å²) in [5.41, 5.74) is 8.00. The van der Waals surface area contributed by atoms with Gasteiger partial charge in [0.15, 0.2) is 5.96 Å². The maximum absolute atomic E-state index is 12.1. The van der Waals surface area contributed by atoms with Crippen LogP contribution in [0.25, 0.3) is 16.6 Å². The molecule has 1 amide bonds. The quantitative estimate of drug-likeness (QED) is 0.498. The second kappa shape index (κ2) is 5.73. The first kappa shape index (κ1) is 15.1. The van der Waals surface area contributed by atoms with Crippen molar-refractivity contribution in [3.8, 4) is 5.69 Å². The molecule has 6 nitrogen and oxygen atoms in total. The van der Waals surface area contributed by atoms with E-state index in [2.05, 4.69) is 10.3 Å². The Labute approximate surface area is 137 Å². The molecule has 3 rings (SSSR count). The molecule has 0 fully saturated rings. The number of guanidine groups is 1. The first-order valence-corrected chi connectivity index (χ1v) is 7.22. The summed E-state index contributed by atoms with van der Waals surface area (Å²) in [5.74, 6) is -0.798. The van der Waals surface area contributed by atoms with E-state index in [4.69, 9.17) is 22.7 Å². The van der Waals surface area contributed by atoms with Gasteiger partial charge in [-0.3, -0.25) is 20.5 Å². The van der Waals surface area contributed by atoms with E-state index in [1.165, 1.54) is 0 Å². The van der Waals surface area contributed by atoms with Crippen molar-refractivity contribution in [3.05, 3.63) is 59.0 Å². The summed E-state index contributed by atoms with van der Waals surface area (Å²) < 4.78 is 1.84.